The highest BCUT2D eigenvalue weighted by Gasteiger charge is 2.16. The normalized spacial score (nSPS) is 10.5. The van der Waals surface area contributed by atoms with Gasteiger partial charge in [-0.2, -0.15) is 0 Å². The Labute approximate surface area is 137 Å². The van der Waals surface area contributed by atoms with Crippen molar-refractivity contribution < 1.29 is 13.9 Å². The minimum Gasteiger partial charge on any atom is -0.459 e. The molecule has 0 saturated carbocycles. The summed E-state index contributed by atoms with van der Waals surface area (Å²) in [5.74, 6) is -0.497. The lowest BCUT2D eigenvalue weighted by atomic mass is 10.0. The van der Waals surface area contributed by atoms with Gasteiger partial charge in [0, 0.05) is 10.6 Å². The van der Waals surface area contributed by atoms with Gasteiger partial charge in [-0.05, 0) is 42.3 Å². The maximum absolute atomic E-state index is 11.5. The summed E-state index contributed by atoms with van der Waals surface area (Å²) in [5.41, 5.74) is 2.82. The molecule has 2 aromatic carbocycles. The predicted octanol–water partition coefficient (Wildman–Crippen LogP) is 4.23. The zero-order valence-electron chi connectivity index (χ0n) is 12.3. The Balaban J connectivity index is 1.82. The highest BCUT2D eigenvalue weighted by Crippen LogP contribution is 2.25. The predicted molar refractivity (Wildman–Crippen MR) is 86.1 cm³/mol. The molecule has 0 unspecified atom stereocenters. The molecule has 0 aliphatic heterocycles. The molecule has 0 atom stereocenters. The SMILES string of the molecule is CCOC(=O)c1nnc(-c2ccc(-c3ccc(Cl)cc3)cc2)o1. The van der Waals surface area contributed by atoms with Crippen LogP contribution in [0.5, 0.6) is 0 Å². The van der Waals surface area contributed by atoms with Gasteiger partial charge in [-0.15, -0.1) is 10.2 Å². The summed E-state index contributed by atoms with van der Waals surface area (Å²) < 4.78 is 10.1. The van der Waals surface area contributed by atoms with Crippen LogP contribution in [-0.4, -0.2) is 22.8 Å². The number of benzene rings is 2. The lowest BCUT2D eigenvalue weighted by molar-refractivity contribution is 0.0481. The maximum Gasteiger partial charge on any atom is 0.396 e. The molecule has 0 aliphatic rings. The first kappa shape index (κ1) is 15.2. The van der Waals surface area contributed by atoms with Crippen molar-refractivity contribution in [3.8, 4) is 22.6 Å². The van der Waals surface area contributed by atoms with Gasteiger partial charge in [0.05, 0.1) is 6.61 Å². The van der Waals surface area contributed by atoms with Crippen LogP contribution < -0.4 is 0 Å². The van der Waals surface area contributed by atoms with E-state index in [4.69, 9.17) is 20.8 Å². The van der Waals surface area contributed by atoms with Crippen LogP contribution in [-0.2, 0) is 4.74 Å². The second-order valence-corrected chi connectivity index (χ2v) is 5.15. The quantitative estimate of drug-likeness (QED) is 0.670. The number of hydrogen-bond donors (Lipinski definition) is 0. The lowest BCUT2D eigenvalue weighted by Gasteiger charge is -2.02. The molecular weight excluding hydrogens is 316 g/mol. The Kier molecular flexibility index (Phi) is 4.39. The van der Waals surface area contributed by atoms with E-state index in [9.17, 15) is 4.79 Å². The molecule has 5 nitrogen and oxygen atoms in total. The first-order chi connectivity index (χ1) is 11.2. The largest absolute Gasteiger partial charge is 0.459 e. The van der Waals surface area contributed by atoms with Gasteiger partial charge in [0.2, 0.25) is 5.89 Å². The molecule has 0 amide bonds. The summed E-state index contributed by atoms with van der Waals surface area (Å²) in [7, 11) is 0. The average Bonchev–Trinajstić information content (AvgIpc) is 3.06. The van der Waals surface area contributed by atoms with E-state index in [2.05, 4.69) is 10.2 Å². The molecule has 0 spiro atoms. The van der Waals surface area contributed by atoms with Gasteiger partial charge in [-0.1, -0.05) is 35.9 Å². The van der Waals surface area contributed by atoms with Crippen LogP contribution in [0, 0.1) is 0 Å². The Morgan fingerprint density at radius 3 is 2.17 bits per heavy atom. The van der Waals surface area contributed by atoms with Crippen LogP contribution in [0.1, 0.15) is 17.6 Å². The molecule has 23 heavy (non-hydrogen) atoms. The first-order valence-electron chi connectivity index (χ1n) is 7.04. The third-order valence-electron chi connectivity index (χ3n) is 3.18. The zero-order valence-corrected chi connectivity index (χ0v) is 13.1. The monoisotopic (exact) mass is 328 g/mol. The molecule has 0 radical (unpaired) electrons. The highest BCUT2D eigenvalue weighted by atomic mass is 35.5. The third kappa shape index (κ3) is 3.40. The van der Waals surface area contributed by atoms with Crippen LogP contribution in [0.25, 0.3) is 22.6 Å². The average molecular weight is 329 g/mol. The van der Waals surface area contributed by atoms with Crippen LogP contribution in [0.15, 0.2) is 52.9 Å². The molecule has 0 saturated heterocycles. The van der Waals surface area contributed by atoms with E-state index in [1.165, 1.54) is 0 Å². The first-order valence-corrected chi connectivity index (χ1v) is 7.42. The second kappa shape index (κ2) is 6.62. The molecular formula is C17H13ClN2O3. The molecule has 1 aromatic heterocycles. The van der Waals surface area contributed by atoms with Gasteiger partial charge in [0.1, 0.15) is 0 Å². The van der Waals surface area contributed by atoms with Gasteiger partial charge in [-0.25, -0.2) is 4.79 Å². The number of hydrogen-bond acceptors (Lipinski definition) is 5. The Morgan fingerprint density at radius 2 is 1.57 bits per heavy atom. The topological polar surface area (TPSA) is 65.2 Å². The lowest BCUT2D eigenvalue weighted by Crippen LogP contribution is -2.04. The minimum absolute atomic E-state index is 0.149. The Bertz CT molecular complexity index is 811. The van der Waals surface area contributed by atoms with Gasteiger partial charge in [0.25, 0.3) is 0 Å². The zero-order chi connectivity index (χ0) is 16.2. The van der Waals surface area contributed by atoms with Crippen molar-refractivity contribution in [2.45, 2.75) is 6.92 Å². The molecule has 0 bridgehead atoms. The van der Waals surface area contributed by atoms with E-state index in [1.807, 2.05) is 48.5 Å². The summed E-state index contributed by atoms with van der Waals surface area (Å²) >= 11 is 5.89. The van der Waals surface area contributed by atoms with Crippen molar-refractivity contribution in [2.24, 2.45) is 0 Å². The van der Waals surface area contributed by atoms with Gasteiger partial charge in [0.15, 0.2) is 0 Å². The third-order valence-corrected chi connectivity index (χ3v) is 3.44. The summed E-state index contributed by atoms with van der Waals surface area (Å²) in [6.07, 6.45) is 0. The van der Waals surface area contributed by atoms with Crippen molar-refractivity contribution in [1.82, 2.24) is 10.2 Å². The summed E-state index contributed by atoms with van der Waals surface area (Å²) in [4.78, 5) is 11.5. The molecule has 116 valence electrons. The molecule has 6 heteroatoms. The number of ether oxygens (including phenoxy) is 1. The number of rotatable bonds is 4. The number of carbonyl (C=O) groups excluding carboxylic acids is 1. The van der Waals surface area contributed by atoms with Crippen molar-refractivity contribution in [2.75, 3.05) is 6.61 Å². The smallest absolute Gasteiger partial charge is 0.396 e. The number of esters is 1. The number of carbonyl (C=O) groups is 1. The standard InChI is InChI=1S/C17H13ClN2O3/c1-2-22-17(21)16-20-19-15(23-16)13-5-3-11(4-6-13)12-7-9-14(18)10-8-12/h3-10H,2H2,1H3. The highest BCUT2D eigenvalue weighted by molar-refractivity contribution is 6.30. The van der Waals surface area contributed by atoms with E-state index in [1.54, 1.807) is 6.92 Å². The van der Waals surface area contributed by atoms with Gasteiger partial charge in [-0.3, -0.25) is 0 Å². The number of halogens is 1. The summed E-state index contributed by atoms with van der Waals surface area (Å²) in [6.45, 7) is 1.97. The Morgan fingerprint density at radius 1 is 1.00 bits per heavy atom. The number of nitrogens with zero attached hydrogens (tertiary/aromatic N) is 2. The summed E-state index contributed by atoms with van der Waals surface area (Å²) in [5, 5.41) is 8.26. The van der Waals surface area contributed by atoms with Gasteiger partial charge < -0.3 is 9.15 Å². The summed E-state index contributed by atoms with van der Waals surface area (Å²) in [6, 6.07) is 15.2. The fourth-order valence-electron chi connectivity index (χ4n) is 2.06. The second-order valence-electron chi connectivity index (χ2n) is 4.72. The van der Waals surface area contributed by atoms with E-state index < -0.39 is 5.97 Å². The molecule has 3 aromatic rings. The fourth-order valence-corrected chi connectivity index (χ4v) is 2.19. The van der Waals surface area contributed by atoms with E-state index in [-0.39, 0.29) is 18.4 Å². The minimum atomic E-state index is -0.621. The van der Waals surface area contributed by atoms with E-state index in [0.717, 1.165) is 16.7 Å². The number of aromatic nitrogens is 2. The Hall–Kier alpha value is -2.66. The van der Waals surface area contributed by atoms with Crippen LogP contribution in [0.3, 0.4) is 0 Å². The molecule has 0 aliphatic carbocycles. The van der Waals surface area contributed by atoms with Crippen molar-refractivity contribution in [1.29, 1.82) is 0 Å². The maximum atomic E-state index is 11.5. The van der Waals surface area contributed by atoms with Crippen molar-refractivity contribution >= 4 is 17.6 Å². The fraction of sp³-hybridized carbons (Fsp3) is 0.118. The van der Waals surface area contributed by atoms with Gasteiger partial charge >= 0.3 is 11.9 Å². The van der Waals surface area contributed by atoms with Crippen LogP contribution in [0.4, 0.5) is 0 Å². The molecule has 3 rings (SSSR count). The molecule has 0 N–H and O–H groups in total. The molecule has 1 heterocycles. The van der Waals surface area contributed by atoms with Crippen LogP contribution >= 0.6 is 11.6 Å². The van der Waals surface area contributed by atoms with Crippen molar-refractivity contribution in [3.63, 3.8) is 0 Å². The van der Waals surface area contributed by atoms with Crippen LogP contribution in [0.2, 0.25) is 5.02 Å². The molecule has 0 fully saturated rings. The van der Waals surface area contributed by atoms with E-state index in [0.29, 0.717) is 5.02 Å². The van der Waals surface area contributed by atoms with E-state index >= 15 is 0 Å². The van der Waals surface area contributed by atoms with Crippen molar-refractivity contribution in [3.05, 3.63) is 59.4 Å².